The zero-order chi connectivity index (χ0) is 15.1. The first-order chi connectivity index (χ1) is 10.1. The van der Waals surface area contributed by atoms with Gasteiger partial charge in [-0.3, -0.25) is 9.88 Å². The minimum atomic E-state index is 0.519. The number of nitrogens with one attached hydrogen (secondary N) is 1. The van der Waals surface area contributed by atoms with Gasteiger partial charge in [0.1, 0.15) is 0 Å². The zero-order valence-corrected chi connectivity index (χ0v) is 13.9. The van der Waals surface area contributed by atoms with Gasteiger partial charge in [-0.25, -0.2) is 0 Å². The third-order valence-electron chi connectivity index (χ3n) is 4.46. The van der Waals surface area contributed by atoms with Crippen LogP contribution in [0.3, 0.4) is 0 Å². The fourth-order valence-corrected chi connectivity index (χ4v) is 3.06. The van der Waals surface area contributed by atoms with Crippen molar-refractivity contribution in [1.82, 2.24) is 15.2 Å². The molecule has 0 aromatic carbocycles. The average molecular weight is 289 g/mol. The van der Waals surface area contributed by atoms with Gasteiger partial charge in [0.15, 0.2) is 0 Å². The Bertz CT molecular complexity index is 391. The highest BCUT2D eigenvalue weighted by molar-refractivity contribution is 5.14. The Morgan fingerprint density at radius 1 is 1.19 bits per heavy atom. The van der Waals surface area contributed by atoms with Crippen LogP contribution in [0.5, 0.6) is 0 Å². The van der Waals surface area contributed by atoms with Gasteiger partial charge in [0.25, 0.3) is 0 Å². The summed E-state index contributed by atoms with van der Waals surface area (Å²) in [5, 5.41) is 3.43. The van der Waals surface area contributed by atoms with Crippen molar-refractivity contribution < 1.29 is 0 Å². The number of pyridine rings is 1. The van der Waals surface area contributed by atoms with Crippen LogP contribution in [0.25, 0.3) is 0 Å². The predicted molar refractivity (Wildman–Crippen MR) is 89.2 cm³/mol. The summed E-state index contributed by atoms with van der Waals surface area (Å²) in [5.74, 6) is 0. The zero-order valence-electron chi connectivity index (χ0n) is 13.9. The number of hydrogen-bond donors (Lipinski definition) is 1. The van der Waals surface area contributed by atoms with Crippen LogP contribution in [-0.2, 0) is 13.1 Å². The molecule has 0 bridgehead atoms. The molecule has 1 heterocycles. The number of hydrogen-bond acceptors (Lipinski definition) is 3. The Labute approximate surface area is 130 Å². The standard InChI is InChI=1S/C18H31N3/c1-15(2)19-12-16-10-11-17(20-13-16)14-21(3)18-8-6-4-5-7-9-18/h10-11,13,15,18-19H,4-9,12,14H2,1-3H3. The molecule has 118 valence electrons. The summed E-state index contributed by atoms with van der Waals surface area (Å²) in [6, 6.07) is 5.66. The van der Waals surface area contributed by atoms with Gasteiger partial charge >= 0.3 is 0 Å². The molecule has 0 atom stereocenters. The molecule has 1 aromatic heterocycles. The molecular formula is C18H31N3. The minimum Gasteiger partial charge on any atom is -0.310 e. The van der Waals surface area contributed by atoms with E-state index in [1.807, 2.05) is 6.20 Å². The Balaban J connectivity index is 1.84. The molecular weight excluding hydrogens is 258 g/mol. The Kier molecular flexibility index (Phi) is 6.65. The van der Waals surface area contributed by atoms with E-state index in [0.717, 1.165) is 19.1 Å². The summed E-state index contributed by atoms with van der Waals surface area (Å²) in [4.78, 5) is 7.13. The highest BCUT2D eigenvalue weighted by Crippen LogP contribution is 2.22. The summed E-state index contributed by atoms with van der Waals surface area (Å²) in [7, 11) is 2.26. The minimum absolute atomic E-state index is 0.519. The molecule has 21 heavy (non-hydrogen) atoms. The lowest BCUT2D eigenvalue weighted by atomic mass is 10.1. The van der Waals surface area contributed by atoms with E-state index in [9.17, 15) is 0 Å². The van der Waals surface area contributed by atoms with E-state index in [4.69, 9.17) is 0 Å². The van der Waals surface area contributed by atoms with Gasteiger partial charge in [-0.05, 0) is 31.5 Å². The second-order valence-corrected chi connectivity index (χ2v) is 6.75. The van der Waals surface area contributed by atoms with Gasteiger partial charge in [-0.2, -0.15) is 0 Å². The van der Waals surface area contributed by atoms with Crippen molar-refractivity contribution in [3.63, 3.8) is 0 Å². The lowest BCUT2D eigenvalue weighted by Gasteiger charge is -2.26. The fourth-order valence-electron chi connectivity index (χ4n) is 3.06. The van der Waals surface area contributed by atoms with E-state index in [2.05, 4.69) is 48.2 Å². The second-order valence-electron chi connectivity index (χ2n) is 6.75. The smallest absolute Gasteiger partial charge is 0.0544 e. The molecule has 1 fully saturated rings. The van der Waals surface area contributed by atoms with Crippen LogP contribution < -0.4 is 5.32 Å². The highest BCUT2D eigenvalue weighted by atomic mass is 15.1. The van der Waals surface area contributed by atoms with E-state index in [0.29, 0.717) is 6.04 Å². The van der Waals surface area contributed by atoms with Gasteiger partial charge in [-0.1, -0.05) is 45.6 Å². The maximum absolute atomic E-state index is 4.63. The average Bonchev–Trinajstić information content (AvgIpc) is 2.75. The van der Waals surface area contributed by atoms with Gasteiger partial charge < -0.3 is 5.32 Å². The molecule has 0 saturated heterocycles. The van der Waals surface area contributed by atoms with Gasteiger partial charge in [0.2, 0.25) is 0 Å². The van der Waals surface area contributed by atoms with E-state index in [1.54, 1.807) is 0 Å². The fraction of sp³-hybridized carbons (Fsp3) is 0.722. The van der Waals surface area contributed by atoms with Crippen LogP contribution in [0.2, 0.25) is 0 Å². The summed E-state index contributed by atoms with van der Waals surface area (Å²) in [6.07, 6.45) is 10.3. The molecule has 0 amide bonds. The predicted octanol–water partition coefficient (Wildman–Crippen LogP) is 3.73. The lowest BCUT2D eigenvalue weighted by Crippen LogP contribution is -2.31. The largest absolute Gasteiger partial charge is 0.310 e. The number of nitrogens with zero attached hydrogens (tertiary/aromatic N) is 2. The van der Waals surface area contributed by atoms with Crippen LogP contribution in [0.1, 0.15) is 63.6 Å². The van der Waals surface area contributed by atoms with E-state index >= 15 is 0 Å². The molecule has 3 nitrogen and oxygen atoms in total. The first-order valence-corrected chi connectivity index (χ1v) is 8.52. The van der Waals surface area contributed by atoms with Crippen LogP contribution >= 0.6 is 0 Å². The molecule has 3 heteroatoms. The summed E-state index contributed by atoms with van der Waals surface area (Å²) in [6.45, 7) is 6.22. The topological polar surface area (TPSA) is 28.2 Å². The van der Waals surface area contributed by atoms with E-state index in [1.165, 1.54) is 49.8 Å². The SMILES string of the molecule is CC(C)NCc1ccc(CN(C)C2CCCCCC2)nc1. The molecule has 1 aromatic rings. The van der Waals surface area contributed by atoms with Gasteiger partial charge in [0, 0.05) is 31.4 Å². The van der Waals surface area contributed by atoms with E-state index in [-0.39, 0.29) is 0 Å². The third kappa shape index (κ3) is 5.76. The lowest BCUT2D eigenvalue weighted by molar-refractivity contribution is 0.211. The van der Waals surface area contributed by atoms with Crippen molar-refractivity contribution >= 4 is 0 Å². The molecule has 2 rings (SSSR count). The molecule has 0 radical (unpaired) electrons. The quantitative estimate of drug-likeness (QED) is 0.809. The molecule has 0 unspecified atom stereocenters. The monoisotopic (exact) mass is 289 g/mol. The number of rotatable bonds is 6. The maximum atomic E-state index is 4.63. The van der Waals surface area contributed by atoms with Gasteiger partial charge in [0.05, 0.1) is 5.69 Å². The molecule has 1 N–H and O–H groups in total. The van der Waals surface area contributed by atoms with Crippen molar-refractivity contribution in [3.05, 3.63) is 29.6 Å². The third-order valence-corrected chi connectivity index (χ3v) is 4.46. The Hall–Kier alpha value is -0.930. The van der Waals surface area contributed by atoms with Crippen molar-refractivity contribution in [2.75, 3.05) is 7.05 Å². The van der Waals surface area contributed by atoms with E-state index < -0.39 is 0 Å². The maximum Gasteiger partial charge on any atom is 0.0544 e. The summed E-state index contributed by atoms with van der Waals surface area (Å²) < 4.78 is 0. The van der Waals surface area contributed by atoms with Crippen LogP contribution in [0.15, 0.2) is 18.3 Å². The second kappa shape index (κ2) is 8.50. The molecule has 1 aliphatic rings. The Morgan fingerprint density at radius 3 is 2.48 bits per heavy atom. The molecule has 0 spiro atoms. The first kappa shape index (κ1) is 16.4. The molecule has 1 aliphatic carbocycles. The summed E-state index contributed by atoms with van der Waals surface area (Å²) >= 11 is 0. The van der Waals surface area contributed by atoms with Gasteiger partial charge in [-0.15, -0.1) is 0 Å². The normalized spacial score (nSPS) is 17.4. The highest BCUT2D eigenvalue weighted by Gasteiger charge is 2.17. The van der Waals surface area contributed by atoms with Crippen molar-refractivity contribution in [3.8, 4) is 0 Å². The van der Waals surface area contributed by atoms with Crippen molar-refractivity contribution in [1.29, 1.82) is 0 Å². The number of aromatic nitrogens is 1. The first-order valence-electron chi connectivity index (χ1n) is 8.52. The summed E-state index contributed by atoms with van der Waals surface area (Å²) in [5.41, 5.74) is 2.46. The van der Waals surface area contributed by atoms with Crippen LogP contribution in [0, 0.1) is 0 Å². The molecule has 0 aliphatic heterocycles. The van der Waals surface area contributed by atoms with Crippen molar-refractivity contribution in [2.45, 2.75) is 77.5 Å². The Morgan fingerprint density at radius 2 is 1.90 bits per heavy atom. The van der Waals surface area contributed by atoms with Crippen LogP contribution in [-0.4, -0.2) is 29.0 Å². The van der Waals surface area contributed by atoms with Crippen LogP contribution in [0.4, 0.5) is 0 Å². The molecule has 1 saturated carbocycles. The van der Waals surface area contributed by atoms with Crippen molar-refractivity contribution in [2.24, 2.45) is 0 Å².